The summed E-state index contributed by atoms with van der Waals surface area (Å²) in [5.41, 5.74) is 1.34. The van der Waals surface area contributed by atoms with Gasteiger partial charge in [0.2, 0.25) is 0 Å². The van der Waals surface area contributed by atoms with E-state index in [0.29, 0.717) is 0 Å². The van der Waals surface area contributed by atoms with Crippen LogP contribution >= 0.6 is 0 Å². The molecule has 1 heterocycles. The Kier molecular flexibility index (Phi) is 4.70. The van der Waals surface area contributed by atoms with E-state index in [4.69, 9.17) is 4.42 Å². The molecule has 2 aliphatic rings. The molecule has 21 heavy (non-hydrogen) atoms. The van der Waals surface area contributed by atoms with Gasteiger partial charge in [-0.15, -0.1) is 0 Å². The molecule has 2 saturated carbocycles. The predicted octanol–water partition coefficient (Wildman–Crippen LogP) is 3.85. The van der Waals surface area contributed by atoms with E-state index in [0.717, 1.165) is 42.6 Å². The van der Waals surface area contributed by atoms with E-state index in [-0.39, 0.29) is 0 Å². The lowest BCUT2D eigenvalue weighted by molar-refractivity contribution is 0.148. The standard InChI is InChI=1S/C18H30N2O/c1-13-5-4-6-17(9-13)20(3)12-18-10-15(14(2)21-18)11-19-16-7-8-16/h10,13,16-17,19H,4-9,11-12H2,1-3H3. The summed E-state index contributed by atoms with van der Waals surface area (Å²) in [6, 6.07) is 3.74. The molecule has 2 fully saturated rings. The van der Waals surface area contributed by atoms with E-state index in [9.17, 15) is 0 Å². The first-order valence-corrected chi connectivity index (χ1v) is 8.63. The Bertz CT molecular complexity index is 464. The fourth-order valence-electron chi connectivity index (χ4n) is 3.56. The second-order valence-electron chi connectivity index (χ2n) is 7.29. The van der Waals surface area contributed by atoms with Gasteiger partial charge in [-0.05, 0) is 51.6 Å². The van der Waals surface area contributed by atoms with Crippen molar-refractivity contribution in [3.8, 4) is 0 Å². The van der Waals surface area contributed by atoms with E-state index in [1.807, 2.05) is 0 Å². The second kappa shape index (κ2) is 6.53. The van der Waals surface area contributed by atoms with E-state index in [1.54, 1.807) is 0 Å². The molecule has 3 heteroatoms. The maximum Gasteiger partial charge on any atom is 0.118 e. The summed E-state index contributed by atoms with van der Waals surface area (Å²) >= 11 is 0. The van der Waals surface area contributed by atoms with Crippen molar-refractivity contribution >= 4 is 0 Å². The number of hydrogen-bond donors (Lipinski definition) is 1. The summed E-state index contributed by atoms with van der Waals surface area (Å²) in [7, 11) is 2.25. The summed E-state index contributed by atoms with van der Waals surface area (Å²) in [5.74, 6) is 3.09. The van der Waals surface area contributed by atoms with Crippen molar-refractivity contribution in [1.82, 2.24) is 10.2 Å². The number of furan rings is 1. The maximum absolute atomic E-state index is 5.97. The molecule has 0 radical (unpaired) electrons. The quantitative estimate of drug-likeness (QED) is 0.862. The van der Waals surface area contributed by atoms with Crippen LogP contribution in [0.15, 0.2) is 10.5 Å². The molecule has 1 N–H and O–H groups in total. The monoisotopic (exact) mass is 290 g/mol. The summed E-state index contributed by atoms with van der Waals surface area (Å²) < 4.78 is 5.97. The van der Waals surface area contributed by atoms with Crippen molar-refractivity contribution in [1.29, 1.82) is 0 Å². The van der Waals surface area contributed by atoms with Crippen LogP contribution in [0.5, 0.6) is 0 Å². The maximum atomic E-state index is 5.97. The van der Waals surface area contributed by atoms with Gasteiger partial charge < -0.3 is 9.73 Å². The van der Waals surface area contributed by atoms with Crippen LogP contribution in [-0.4, -0.2) is 24.0 Å². The van der Waals surface area contributed by atoms with Crippen molar-refractivity contribution in [2.45, 2.75) is 77.5 Å². The molecule has 0 bridgehead atoms. The predicted molar refractivity (Wildman–Crippen MR) is 86.2 cm³/mol. The molecule has 0 aliphatic heterocycles. The van der Waals surface area contributed by atoms with Gasteiger partial charge >= 0.3 is 0 Å². The number of hydrogen-bond acceptors (Lipinski definition) is 3. The van der Waals surface area contributed by atoms with Crippen molar-refractivity contribution in [3.63, 3.8) is 0 Å². The molecular weight excluding hydrogens is 260 g/mol. The van der Waals surface area contributed by atoms with Gasteiger partial charge in [0.25, 0.3) is 0 Å². The highest BCUT2D eigenvalue weighted by Crippen LogP contribution is 2.28. The van der Waals surface area contributed by atoms with Crippen molar-refractivity contribution in [2.24, 2.45) is 5.92 Å². The summed E-state index contributed by atoms with van der Waals surface area (Å²) in [4.78, 5) is 2.49. The van der Waals surface area contributed by atoms with Crippen molar-refractivity contribution in [2.75, 3.05) is 7.05 Å². The Morgan fingerprint density at radius 1 is 1.29 bits per heavy atom. The normalized spacial score (nSPS) is 26.5. The van der Waals surface area contributed by atoms with Crippen molar-refractivity contribution < 1.29 is 4.42 Å². The van der Waals surface area contributed by atoms with Crippen LogP contribution in [0.25, 0.3) is 0 Å². The highest BCUT2D eigenvalue weighted by atomic mass is 16.3. The van der Waals surface area contributed by atoms with Crippen LogP contribution < -0.4 is 5.32 Å². The zero-order chi connectivity index (χ0) is 14.8. The van der Waals surface area contributed by atoms with Crippen LogP contribution in [0.3, 0.4) is 0 Å². The Morgan fingerprint density at radius 3 is 2.81 bits per heavy atom. The highest BCUT2D eigenvalue weighted by molar-refractivity contribution is 5.21. The lowest BCUT2D eigenvalue weighted by Crippen LogP contribution is -2.34. The molecular formula is C18H30N2O. The fourth-order valence-corrected chi connectivity index (χ4v) is 3.56. The largest absolute Gasteiger partial charge is 0.465 e. The highest BCUT2D eigenvalue weighted by Gasteiger charge is 2.24. The van der Waals surface area contributed by atoms with Gasteiger partial charge in [0.05, 0.1) is 6.54 Å². The van der Waals surface area contributed by atoms with E-state index in [2.05, 4.69) is 37.2 Å². The second-order valence-corrected chi connectivity index (χ2v) is 7.29. The number of aryl methyl sites for hydroxylation is 1. The molecule has 0 amide bonds. The molecule has 1 aromatic heterocycles. The Hall–Kier alpha value is -0.800. The molecule has 3 nitrogen and oxygen atoms in total. The third-order valence-corrected chi connectivity index (χ3v) is 5.17. The van der Waals surface area contributed by atoms with Crippen molar-refractivity contribution in [3.05, 3.63) is 23.2 Å². The molecule has 0 aromatic carbocycles. The van der Waals surface area contributed by atoms with E-state index >= 15 is 0 Å². The first-order valence-electron chi connectivity index (χ1n) is 8.63. The van der Waals surface area contributed by atoms with Crippen LogP contribution in [0.1, 0.15) is 62.5 Å². The van der Waals surface area contributed by atoms with Gasteiger partial charge in [0, 0.05) is 24.2 Å². The first-order chi connectivity index (χ1) is 10.1. The molecule has 1 aromatic rings. The summed E-state index contributed by atoms with van der Waals surface area (Å²) in [6.45, 7) is 6.39. The van der Waals surface area contributed by atoms with Gasteiger partial charge in [0.1, 0.15) is 11.5 Å². The fraction of sp³-hybridized carbons (Fsp3) is 0.778. The van der Waals surface area contributed by atoms with Crippen LogP contribution in [-0.2, 0) is 13.1 Å². The first kappa shape index (κ1) is 15.1. The smallest absolute Gasteiger partial charge is 0.118 e. The molecule has 3 rings (SSSR count). The van der Waals surface area contributed by atoms with Crippen LogP contribution in [0.4, 0.5) is 0 Å². The molecule has 118 valence electrons. The van der Waals surface area contributed by atoms with Gasteiger partial charge in [-0.1, -0.05) is 19.8 Å². The van der Waals surface area contributed by atoms with Crippen LogP contribution in [0.2, 0.25) is 0 Å². The Morgan fingerprint density at radius 2 is 2.10 bits per heavy atom. The Labute approximate surface area is 129 Å². The molecule has 0 saturated heterocycles. The average Bonchev–Trinajstić information content (AvgIpc) is 3.21. The summed E-state index contributed by atoms with van der Waals surface area (Å²) in [6.07, 6.45) is 8.15. The summed E-state index contributed by atoms with van der Waals surface area (Å²) in [5, 5.41) is 3.58. The number of nitrogens with zero attached hydrogens (tertiary/aromatic N) is 1. The van der Waals surface area contributed by atoms with Gasteiger partial charge in [0.15, 0.2) is 0 Å². The molecule has 2 unspecified atom stereocenters. The third-order valence-electron chi connectivity index (χ3n) is 5.17. The zero-order valence-corrected chi connectivity index (χ0v) is 13.8. The lowest BCUT2D eigenvalue weighted by atomic mass is 9.86. The average molecular weight is 290 g/mol. The van der Waals surface area contributed by atoms with Crippen LogP contribution in [0, 0.1) is 12.8 Å². The van der Waals surface area contributed by atoms with E-state index < -0.39 is 0 Å². The topological polar surface area (TPSA) is 28.4 Å². The third kappa shape index (κ3) is 4.10. The van der Waals surface area contributed by atoms with E-state index in [1.165, 1.54) is 44.1 Å². The van der Waals surface area contributed by atoms with Gasteiger partial charge in [-0.3, -0.25) is 4.90 Å². The lowest BCUT2D eigenvalue weighted by Gasteiger charge is -2.33. The molecule has 0 spiro atoms. The zero-order valence-electron chi connectivity index (χ0n) is 13.8. The molecule has 2 aliphatic carbocycles. The number of rotatable bonds is 6. The van der Waals surface area contributed by atoms with Gasteiger partial charge in [-0.2, -0.15) is 0 Å². The minimum absolute atomic E-state index is 0.729. The minimum atomic E-state index is 0.729. The van der Waals surface area contributed by atoms with Gasteiger partial charge in [-0.25, -0.2) is 0 Å². The SMILES string of the molecule is Cc1oc(CN(C)C2CCCC(C)C2)cc1CNC1CC1. The molecule has 2 atom stereocenters. The Balaban J connectivity index is 1.54. The number of nitrogens with one attached hydrogen (secondary N) is 1. The minimum Gasteiger partial charge on any atom is -0.465 e.